The second-order valence-electron chi connectivity index (χ2n) is 4.31. The number of methoxy groups -OCH3 is 1. The van der Waals surface area contributed by atoms with Crippen molar-refractivity contribution in [1.29, 1.82) is 0 Å². The van der Waals surface area contributed by atoms with Crippen LogP contribution in [0.5, 0.6) is 5.75 Å². The number of ether oxygens (including phenoxy) is 2. The first kappa shape index (κ1) is 15.0. The highest BCUT2D eigenvalue weighted by Crippen LogP contribution is 2.11. The van der Waals surface area contributed by atoms with Crippen molar-refractivity contribution in [2.45, 2.75) is 32.7 Å². The standard InChI is InChI=1S/C15H25NO2/c1-3-18-15-9-7-14(8-10-15)13-16-11-5-4-6-12-17-2/h7-10,16H,3-6,11-13H2,1-2H3. The Bertz CT molecular complexity index is 298. The Morgan fingerprint density at radius 1 is 1.06 bits per heavy atom. The molecule has 0 saturated heterocycles. The first-order valence-corrected chi connectivity index (χ1v) is 6.78. The van der Waals surface area contributed by atoms with Crippen LogP contribution in [0.3, 0.4) is 0 Å². The molecule has 0 amide bonds. The molecule has 0 aromatic heterocycles. The van der Waals surface area contributed by atoms with Gasteiger partial charge >= 0.3 is 0 Å². The van der Waals surface area contributed by atoms with Crippen molar-refractivity contribution in [3.8, 4) is 5.75 Å². The Labute approximate surface area is 110 Å². The topological polar surface area (TPSA) is 30.5 Å². The molecular weight excluding hydrogens is 226 g/mol. The maximum absolute atomic E-state index is 5.41. The predicted molar refractivity (Wildman–Crippen MR) is 75.0 cm³/mol. The minimum atomic E-state index is 0.721. The van der Waals surface area contributed by atoms with E-state index in [-0.39, 0.29) is 0 Å². The van der Waals surface area contributed by atoms with Gasteiger partial charge in [0.2, 0.25) is 0 Å². The molecule has 1 aromatic rings. The minimum absolute atomic E-state index is 0.721. The van der Waals surface area contributed by atoms with Gasteiger partial charge in [0.05, 0.1) is 6.61 Å². The van der Waals surface area contributed by atoms with Gasteiger partial charge in [-0.05, 0) is 50.4 Å². The molecule has 3 heteroatoms. The van der Waals surface area contributed by atoms with Crippen LogP contribution in [0.1, 0.15) is 31.7 Å². The third kappa shape index (κ3) is 6.62. The molecule has 3 nitrogen and oxygen atoms in total. The number of unbranched alkanes of at least 4 members (excludes halogenated alkanes) is 2. The molecule has 0 unspecified atom stereocenters. The lowest BCUT2D eigenvalue weighted by Crippen LogP contribution is -2.14. The third-order valence-electron chi connectivity index (χ3n) is 2.77. The molecule has 0 aliphatic heterocycles. The lowest BCUT2D eigenvalue weighted by Gasteiger charge is -2.06. The summed E-state index contributed by atoms with van der Waals surface area (Å²) in [6.07, 6.45) is 3.59. The average molecular weight is 251 g/mol. The second-order valence-corrected chi connectivity index (χ2v) is 4.31. The van der Waals surface area contributed by atoms with E-state index in [1.807, 2.05) is 19.1 Å². The third-order valence-corrected chi connectivity index (χ3v) is 2.77. The Morgan fingerprint density at radius 2 is 1.83 bits per heavy atom. The van der Waals surface area contributed by atoms with Crippen LogP contribution in [0.4, 0.5) is 0 Å². The molecule has 18 heavy (non-hydrogen) atoms. The number of nitrogens with one attached hydrogen (secondary N) is 1. The molecule has 0 aliphatic carbocycles. The van der Waals surface area contributed by atoms with E-state index < -0.39 is 0 Å². The molecule has 0 fully saturated rings. The number of benzene rings is 1. The van der Waals surface area contributed by atoms with E-state index in [1.54, 1.807) is 7.11 Å². The van der Waals surface area contributed by atoms with E-state index in [4.69, 9.17) is 9.47 Å². The fourth-order valence-electron chi connectivity index (χ4n) is 1.78. The van der Waals surface area contributed by atoms with E-state index in [1.165, 1.54) is 18.4 Å². The quantitative estimate of drug-likeness (QED) is 0.648. The van der Waals surface area contributed by atoms with Gasteiger partial charge in [0.1, 0.15) is 5.75 Å². The van der Waals surface area contributed by atoms with Gasteiger partial charge in [-0.25, -0.2) is 0 Å². The van der Waals surface area contributed by atoms with Gasteiger partial charge < -0.3 is 14.8 Å². The van der Waals surface area contributed by atoms with Crippen molar-refractivity contribution in [3.05, 3.63) is 29.8 Å². The SMILES string of the molecule is CCOc1ccc(CNCCCCCOC)cc1. The van der Waals surface area contributed by atoms with Crippen LogP contribution < -0.4 is 10.1 Å². The highest BCUT2D eigenvalue weighted by Gasteiger charge is 1.95. The monoisotopic (exact) mass is 251 g/mol. The summed E-state index contributed by atoms with van der Waals surface area (Å²) >= 11 is 0. The molecule has 1 rings (SSSR count). The number of rotatable bonds is 10. The molecule has 102 valence electrons. The van der Waals surface area contributed by atoms with Gasteiger partial charge in [-0.15, -0.1) is 0 Å². The predicted octanol–water partition coefficient (Wildman–Crippen LogP) is 2.99. The zero-order valence-electron chi connectivity index (χ0n) is 11.6. The van der Waals surface area contributed by atoms with Crippen molar-refractivity contribution < 1.29 is 9.47 Å². The second kappa shape index (κ2) is 9.92. The molecule has 0 radical (unpaired) electrons. The van der Waals surface area contributed by atoms with Crippen molar-refractivity contribution in [2.75, 3.05) is 26.9 Å². The fraction of sp³-hybridized carbons (Fsp3) is 0.600. The molecule has 0 bridgehead atoms. The van der Waals surface area contributed by atoms with Gasteiger partial charge in [0.15, 0.2) is 0 Å². The van der Waals surface area contributed by atoms with E-state index in [2.05, 4.69) is 17.4 Å². The summed E-state index contributed by atoms with van der Waals surface area (Å²) in [4.78, 5) is 0. The normalized spacial score (nSPS) is 10.6. The van der Waals surface area contributed by atoms with Gasteiger partial charge in [-0.2, -0.15) is 0 Å². The Hall–Kier alpha value is -1.06. The highest BCUT2D eigenvalue weighted by atomic mass is 16.5. The first-order chi connectivity index (χ1) is 8.86. The average Bonchev–Trinajstić information content (AvgIpc) is 2.40. The number of hydrogen-bond donors (Lipinski definition) is 1. The van der Waals surface area contributed by atoms with Crippen molar-refractivity contribution in [2.24, 2.45) is 0 Å². The lowest BCUT2D eigenvalue weighted by molar-refractivity contribution is 0.192. The zero-order valence-corrected chi connectivity index (χ0v) is 11.6. The smallest absolute Gasteiger partial charge is 0.119 e. The Kier molecular flexibility index (Phi) is 8.26. The number of hydrogen-bond acceptors (Lipinski definition) is 3. The maximum atomic E-state index is 5.41. The van der Waals surface area contributed by atoms with Crippen LogP contribution in [0.15, 0.2) is 24.3 Å². The van der Waals surface area contributed by atoms with E-state index in [0.29, 0.717) is 0 Å². The first-order valence-electron chi connectivity index (χ1n) is 6.78. The molecule has 0 atom stereocenters. The maximum Gasteiger partial charge on any atom is 0.119 e. The summed E-state index contributed by atoms with van der Waals surface area (Å²) < 4.78 is 10.4. The van der Waals surface area contributed by atoms with E-state index in [0.717, 1.165) is 38.5 Å². The van der Waals surface area contributed by atoms with E-state index in [9.17, 15) is 0 Å². The van der Waals surface area contributed by atoms with Crippen molar-refractivity contribution >= 4 is 0 Å². The Balaban J connectivity index is 2.08. The molecule has 0 saturated carbocycles. The largest absolute Gasteiger partial charge is 0.494 e. The molecule has 1 aromatic carbocycles. The minimum Gasteiger partial charge on any atom is -0.494 e. The van der Waals surface area contributed by atoms with Crippen LogP contribution in [-0.2, 0) is 11.3 Å². The summed E-state index contributed by atoms with van der Waals surface area (Å²) in [6, 6.07) is 8.28. The summed E-state index contributed by atoms with van der Waals surface area (Å²) in [5.74, 6) is 0.945. The van der Waals surface area contributed by atoms with Gasteiger partial charge in [-0.3, -0.25) is 0 Å². The molecule has 0 heterocycles. The molecule has 0 aliphatic rings. The summed E-state index contributed by atoms with van der Waals surface area (Å²) in [6.45, 7) is 5.59. The van der Waals surface area contributed by atoms with Crippen LogP contribution in [0, 0.1) is 0 Å². The van der Waals surface area contributed by atoms with Crippen molar-refractivity contribution in [3.63, 3.8) is 0 Å². The van der Waals surface area contributed by atoms with E-state index >= 15 is 0 Å². The molecule has 0 spiro atoms. The van der Waals surface area contributed by atoms with Crippen LogP contribution >= 0.6 is 0 Å². The molecule has 1 N–H and O–H groups in total. The lowest BCUT2D eigenvalue weighted by atomic mass is 10.2. The Morgan fingerprint density at radius 3 is 2.50 bits per heavy atom. The summed E-state index contributed by atoms with van der Waals surface area (Å²) in [5, 5.41) is 3.45. The van der Waals surface area contributed by atoms with Gasteiger partial charge in [0.25, 0.3) is 0 Å². The van der Waals surface area contributed by atoms with Crippen LogP contribution in [0.25, 0.3) is 0 Å². The van der Waals surface area contributed by atoms with Gasteiger partial charge in [-0.1, -0.05) is 12.1 Å². The van der Waals surface area contributed by atoms with Gasteiger partial charge in [0, 0.05) is 20.3 Å². The fourth-order valence-corrected chi connectivity index (χ4v) is 1.78. The summed E-state index contributed by atoms with van der Waals surface area (Å²) in [7, 11) is 1.75. The molecular formula is C15H25NO2. The van der Waals surface area contributed by atoms with Crippen molar-refractivity contribution in [1.82, 2.24) is 5.32 Å². The zero-order chi connectivity index (χ0) is 13.1. The van der Waals surface area contributed by atoms with Crippen LogP contribution in [0.2, 0.25) is 0 Å². The van der Waals surface area contributed by atoms with Crippen LogP contribution in [-0.4, -0.2) is 26.9 Å². The summed E-state index contributed by atoms with van der Waals surface area (Å²) in [5.41, 5.74) is 1.30. The highest BCUT2D eigenvalue weighted by molar-refractivity contribution is 5.27.